The van der Waals surface area contributed by atoms with Crippen molar-refractivity contribution in [2.45, 2.75) is 38.6 Å². The Kier molecular flexibility index (Phi) is 7.48. The van der Waals surface area contributed by atoms with E-state index in [9.17, 15) is 0 Å². The summed E-state index contributed by atoms with van der Waals surface area (Å²) in [6.07, 6.45) is 12.7. The predicted molar refractivity (Wildman–Crippen MR) is 65.9 cm³/mol. The molecule has 0 saturated carbocycles. The van der Waals surface area contributed by atoms with E-state index in [-0.39, 0.29) is 17.0 Å². The number of hydrogen-bond acceptors (Lipinski definition) is 1. The van der Waals surface area contributed by atoms with Crippen LogP contribution < -0.4 is 0 Å². The van der Waals surface area contributed by atoms with Crippen LogP contribution in [0.15, 0.2) is 31.4 Å². The number of allylic oxidation sites excluding steroid dienone is 1. The normalized spacial score (nSPS) is 11.8. The first kappa shape index (κ1) is 13.4. The van der Waals surface area contributed by atoms with Crippen molar-refractivity contribution >= 4 is 17.0 Å². The summed E-state index contributed by atoms with van der Waals surface area (Å²) in [5.41, 5.74) is 0. The Bertz CT molecular complexity index is 231. The Morgan fingerprint density at radius 2 is 2.29 bits per heavy atom. The van der Waals surface area contributed by atoms with Crippen molar-refractivity contribution in [3.05, 3.63) is 31.4 Å². The molecule has 0 aliphatic heterocycles. The fourth-order valence-corrected chi connectivity index (χ4v) is 1.46. The van der Waals surface area contributed by atoms with Crippen molar-refractivity contribution in [1.29, 1.82) is 0 Å². The van der Waals surface area contributed by atoms with Crippen molar-refractivity contribution in [3.8, 4) is 0 Å². The molecule has 1 rings (SSSR count). The fourth-order valence-electron chi connectivity index (χ4n) is 1.46. The highest BCUT2D eigenvalue weighted by Crippen LogP contribution is 2.16. The molecular weight excluding hydrogens is 240 g/mol. The Hall–Kier alpha value is -0.570. The van der Waals surface area contributed by atoms with E-state index in [1.54, 1.807) is 0 Å². The van der Waals surface area contributed by atoms with Crippen LogP contribution in [0.5, 0.6) is 0 Å². The van der Waals surface area contributed by atoms with Gasteiger partial charge < -0.3 is 4.57 Å². The van der Waals surface area contributed by atoms with Crippen LogP contribution in [0.3, 0.4) is 0 Å². The molecule has 1 unspecified atom stereocenters. The average molecular weight is 259 g/mol. The topological polar surface area (TPSA) is 17.8 Å². The summed E-state index contributed by atoms with van der Waals surface area (Å²) in [6, 6.07) is 0.425. The van der Waals surface area contributed by atoms with E-state index in [1.807, 2.05) is 24.8 Å². The molecule has 1 heterocycles. The largest absolute Gasteiger partial charge is 0.331 e. The molecule has 2 nitrogen and oxygen atoms in total. The SMILES string of the molecule is Br.C=CC(CCCCC)n1ccnc1. The maximum absolute atomic E-state index is 4.03. The number of aromatic nitrogens is 2. The summed E-state index contributed by atoms with van der Waals surface area (Å²) in [4.78, 5) is 4.03. The lowest BCUT2D eigenvalue weighted by Gasteiger charge is -2.13. The number of imidazole rings is 1. The van der Waals surface area contributed by atoms with Crippen LogP contribution in [0.4, 0.5) is 0 Å². The van der Waals surface area contributed by atoms with Gasteiger partial charge in [-0.05, 0) is 6.42 Å². The van der Waals surface area contributed by atoms with Crippen LogP contribution in [-0.2, 0) is 0 Å². The van der Waals surface area contributed by atoms with Gasteiger partial charge in [0.1, 0.15) is 0 Å². The van der Waals surface area contributed by atoms with Crippen LogP contribution in [0.1, 0.15) is 38.6 Å². The van der Waals surface area contributed by atoms with E-state index in [2.05, 4.69) is 23.1 Å². The molecule has 0 radical (unpaired) electrons. The molecule has 80 valence electrons. The van der Waals surface area contributed by atoms with Gasteiger partial charge in [0.15, 0.2) is 0 Å². The van der Waals surface area contributed by atoms with Gasteiger partial charge in [-0.3, -0.25) is 0 Å². The third-order valence-electron chi connectivity index (χ3n) is 2.28. The van der Waals surface area contributed by atoms with Gasteiger partial charge in [-0.25, -0.2) is 4.98 Å². The van der Waals surface area contributed by atoms with Crippen molar-refractivity contribution in [2.24, 2.45) is 0 Å². The second-order valence-corrected chi connectivity index (χ2v) is 3.31. The standard InChI is InChI=1S/C11H18N2.BrH/c1-3-5-6-7-11(4-2)13-9-8-12-10-13;/h4,8-11H,2-3,5-7H2,1H3;1H. The van der Waals surface area contributed by atoms with Gasteiger partial charge in [0.2, 0.25) is 0 Å². The van der Waals surface area contributed by atoms with E-state index < -0.39 is 0 Å². The fraction of sp³-hybridized carbons (Fsp3) is 0.545. The van der Waals surface area contributed by atoms with Crippen molar-refractivity contribution in [2.75, 3.05) is 0 Å². The second-order valence-electron chi connectivity index (χ2n) is 3.31. The lowest BCUT2D eigenvalue weighted by molar-refractivity contribution is 0.519. The highest BCUT2D eigenvalue weighted by atomic mass is 79.9. The lowest BCUT2D eigenvalue weighted by Crippen LogP contribution is -2.03. The van der Waals surface area contributed by atoms with Gasteiger partial charge >= 0.3 is 0 Å². The number of rotatable bonds is 6. The van der Waals surface area contributed by atoms with Gasteiger partial charge in [-0.1, -0.05) is 32.3 Å². The first-order chi connectivity index (χ1) is 6.38. The minimum atomic E-state index is 0. The smallest absolute Gasteiger partial charge is 0.0951 e. The summed E-state index contributed by atoms with van der Waals surface area (Å²) < 4.78 is 2.11. The highest BCUT2D eigenvalue weighted by Gasteiger charge is 2.03. The molecule has 0 fully saturated rings. The molecule has 0 bridgehead atoms. The molecular formula is C11H19BrN2. The van der Waals surface area contributed by atoms with Gasteiger partial charge in [-0.15, -0.1) is 23.6 Å². The van der Waals surface area contributed by atoms with E-state index in [0.717, 1.165) is 0 Å². The summed E-state index contributed by atoms with van der Waals surface area (Å²) in [7, 11) is 0. The van der Waals surface area contributed by atoms with Crippen LogP contribution in [0.25, 0.3) is 0 Å². The molecule has 1 aromatic heterocycles. The number of hydrogen-bond donors (Lipinski definition) is 0. The summed E-state index contributed by atoms with van der Waals surface area (Å²) >= 11 is 0. The lowest BCUT2D eigenvalue weighted by atomic mass is 10.1. The molecule has 0 aromatic carbocycles. The molecule has 0 N–H and O–H groups in total. The van der Waals surface area contributed by atoms with E-state index >= 15 is 0 Å². The molecule has 14 heavy (non-hydrogen) atoms. The van der Waals surface area contributed by atoms with Gasteiger partial charge in [0.25, 0.3) is 0 Å². The van der Waals surface area contributed by atoms with E-state index in [0.29, 0.717) is 6.04 Å². The molecule has 3 heteroatoms. The zero-order valence-electron chi connectivity index (χ0n) is 8.72. The Morgan fingerprint density at radius 3 is 2.79 bits per heavy atom. The Balaban J connectivity index is 0.00000169. The molecule has 1 aromatic rings. The number of nitrogens with zero attached hydrogens (tertiary/aromatic N) is 2. The maximum Gasteiger partial charge on any atom is 0.0951 e. The third kappa shape index (κ3) is 4.09. The quantitative estimate of drug-likeness (QED) is 0.561. The highest BCUT2D eigenvalue weighted by molar-refractivity contribution is 8.93. The maximum atomic E-state index is 4.03. The minimum Gasteiger partial charge on any atom is -0.331 e. The minimum absolute atomic E-state index is 0. The average Bonchev–Trinajstić information content (AvgIpc) is 2.65. The summed E-state index contributed by atoms with van der Waals surface area (Å²) in [5, 5.41) is 0. The van der Waals surface area contributed by atoms with Crippen LogP contribution in [0, 0.1) is 0 Å². The van der Waals surface area contributed by atoms with Crippen LogP contribution in [0.2, 0.25) is 0 Å². The first-order valence-corrected chi connectivity index (χ1v) is 4.98. The second kappa shape index (κ2) is 7.80. The number of halogens is 1. The molecule has 0 saturated heterocycles. The van der Waals surface area contributed by atoms with E-state index in [1.165, 1.54) is 25.7 Å². The van der Waals surface area contributed by atoms with Gasteiger partial charge in [-0.2, -0.15) is 0 Å². The monoisotopic (exact) mass is 258 g/mol. The van der Waals surface area contributed by atoms with Crippen LogP contribution in [-0.4, -0.2) is 9.55 Å². The van der Waals surface area contributed by atoms with Crippen molar-refractivity contribution < 1.29 is 0 Å². The molecule has 0 spiro atoms. The van der Waals surface area contributed by atoms with Crippen LogP contribution >= 0.6 is 17.0 Å². The van der Waals surface area contributed by atoms with Crippen molar-refractivity contribution in [3.63, 3.8) is 0 Å². The van der Waals surface area contributed by atoms with Gasteiger partial charge in [0.05, 0.1) is 12.4 Å². The molecule has 1 atom stereocenters. The zero-order valence-corrected chi connectivity index (χ0v) is 10.4. The van der Waals surface area contributed by atoms with E-state index in [4.69, 9.17) is 0 Å². The predicted octanol–water partition coefficient (Wildman–Crippen LogP) is 3.77. The third-order valence-corrected chi connectivity index (χ3v) is 2.28. The van der Waals surface area contributed by atoms with Crippen molar-refractivity contribution in [1.82, 2.24) is 9.55 Å². The Labute approximate surface area is 96.8 Å². The first-order valence-electron chi connectivity index (χ1n) is 4.98. The summed E-state index contributed by atoms with van der Waals surface area (Å²) in [5.74, 6) is 0. The summed E-state index contributed by atoms with van der Waals surface area (Å²) in [6.45, 7) is 6.07. The van der Waals surface area contributed by atoms with Gasteiger partial charge in [0, 0.05) is 12.4 Å². The zero-order chi connectivity index (χ0) is 9.52. The molecule has 0 aliphatic rings. The number of unbranched alkanes of at least 4 members (excludes halogenated alkanes) is 2. The Morgan fingerprint density at radius 1 is 1.50 bits per heavy atom. The molecule has 0 aliphatic carbocycles. The molecule has 0 amide bonds.